The summed E-state index contributed by atoms with van der Waals surface area (Å²) in [6.45, 7) is 15.3. The standard InChI is InChI=1S/C46H96N/c1-5-9-13-17-21-22-23-24-25-26-27-28-29-30-34-38-42-46-47(43-39-35-31-18-14-10-6-2,44-40-36-32-19-15-11-7-3)45-41-37-33-20-16-12-8-4/h5-46H2,1-4H3/q+1. The van der Waals surface area contributed by atoms with E-state index in [2.05, 4.69) is 27.7 Å². The van der Waals surface area contributed by atoms with Crippen LogP contribution in [0.3, 0.4) is 0 Å². The molecule has 0 rings (SSSR count). The van der Waals surface area contributed by atoms with Gasteiger partial charge in [-0.25, -0.2) is 0 Å². The lowest BCUT2D eigenvalue weighted by Gasteiger charge is -2.40. The molecule has 0 aromatic heterocycles. The molecule has 0 aliphatic carbocycles. The summed E-state index contributed by atoms with van der Waals surface area (Å²) in [7, 11) is 0. The van der Waals surface area contributed by atoms with Crippen LogP contribution in [-0.2, 0) is 0 Å². The molecule has 0 saturated carbocycles. The lowest BCUT2D eigenvalue weighted by molar-refractivity contribution is -0.929. The van der Waals surface area contributed by atoms with Gasteiger partial charge in [0.15, 0.2) is 0 Å². The van der Waals surface area contributed by atoms with Gasteiger partial charge in [-0.3, -0.25) is 0 Å². The second-order valence-electron chi connectivity index (χ2n) is 16.3. The number of rotatable bonds is 42. The Kier molecular flexibility index (Phi) is 40.4. The van der Waals surface area contributed by atoms with Crippen LogP contribution in [-0.4, -0.2) is 30.7 Å². The molecule has 0 fully saturated rings. The first kappa shape index (κ1) is 47.0. The smallest absolute Gasteiger partial charge is 0.0786 e. The molecule has 0 heterocycles. The summed E-state index contributed by atoms with van der Waals surface area (Å²) >= 11 is 0. The molecule has 0 saturated heterocycles. The first-order chi connectivity index (χ1) is 23.2. The van der Waals surface area contributed by atoms with E-state index in [1.165, 1.54) is 275 Å². The van der Waals surface area contributed by atoms with Crippen LogP contribution < -0.4 is 0 Å². The first-order valence-electron chi connectivity index (χ1n) is 23.1. The lowest BCUT2D eigenvalue weighted by atomic mass is 10.0. The van der Waals surface area contributed by atoms with E-state index in [1.807, 2.05) is 0 Å². The van der Waals surface area contributed by atoms with Crippen molar-refractivity contribution in [2.24, 2.45) is 0 Å². The summed E-state index contributed by atoms with van der Waals surface area (Å²) in [6, 6.07) is 0. The molecule has 0 aliphatic rings. The van der Waals surface area contributed by atoms with Gasteiger partial charge in [0, 0.05) is 0 Å². The predicted octanol–water partition coefficient (Wildman–Crippen LogP) is 16.7. The van der Waals surface area contributed by atoms with Gasteiger partial charge in [0.05, 0.1) is 26.2 Å². The molecule has 0 bridgehead atoms. The van der Waals surface area contributed by atoms with Gasteiger partial charge in [-0.2, -0.15) is 0 Å². The second kappa shape index (κ2) is 40.4. The van der Waals surface area contributed by atoms with Gasteiger partial charge in [-0.15, -0.1) is 0 Å². The zero-order valence-electron chi connectivity index (χ0n) is 34.1. The van der Waals surface area contributed by atoms with Crippen molar-refractivity contribution >= 4 is 0 Å². The summed E-state index contributed by atoms with van der Waals surface area (Å²) in [5.74, 6) is 0. The molecule has 0 unspecified atom stereocenters. The molecule has 0 spiro atoms. The van der Waals surface area contributed by atoms with Crippen molar-refractivity contribution in [1.82, 2.24) is 0 Å². The maximum absolute atomic E-state index is 2.35. The van der Waals surface area contributed by atoms with Crippen LogP contribution in [0.4, 0.5) is 0 Å². The molecule has 0 atom stereocenters. The fraction of sp³-hybridized carbons (Fsp3) is 1.00. The third-order valence-corrected chi connectivity index (χ3v) is 11.4. The van der Waals surface area contributed by atoms with Gasteiger partial charge < -0.3 is 4.48 Å². The molecule has 0 amide bonds. The third kappa shape index (κ3) is 35.6. The highest BCUT2D eigenvalue weighted by Gasteiger charge is 2.25. The Morgan fingerprint density at radius 3 is 0.447 bits per heavy atom. The maximum Gasteiger partial charge on any atom is 0.0786 e. The van der Waals surface area contributed by atoms with E-state index in [0.717, 1.165) is 0 Å². The largest absolute Gasteiger partial charge is 0.324 e. The normalized spacial score (nSPS) is 12.0. The topological polar surface area (TPSA) is 0 Å². The van der Waals surface area contributed by atoms with Crippen LogP contribution in [0.15, 0.2) is 0 Å². The van der Waals surface area contributed by atoms with Gasteiger partial charge in [-0.05, 0) is 51.4 Å². The van der Waals surface area contributed by atoms with Crippen molar-refractivity contribution in [2.45, 2.75) is 272 Å². The third-order valence-electron chi connectivity index (χ3n) is 11.4. The van der Waals surface area contributed by atoms with Crippen molar-refractivity contribution in [3.8, 4) is 0 Å². The number of hydrogen-bond donors (Lipinski definition) is 0. The minimum atomic E-state index is 1.37. The summed E-state index contributed by atoms with van der Waals surface area (Å²) < 4.78 is 1.48. The Morgan fingerprint density at radius 1 is 0.170 bits per heavy atom. The monoisotopic (exact) mass is 663 g/mol. The molecule has 0 radical (unpaired) electrons. The SMILES string of the molecule is CCCCCCCCCCCCCCCCCCC[N+](CCCCCCCCC)(CCCCCCCCC)CCCCCCCCC. The van der Waals surface area contributed by atoms with Crippen LogP contribution >= 0.6 is 0 Å². The minimum absolute atomic E-state index is 1.37. The zero-order chi connectivity index (χ0) is 34.2. The van der Waals surface area contributed by atoms with E-state index in [-0.39, 0.29) is 0 Å². The average molecular weight is 663 g/mol. The number of nitrogens with zero attached hydrogens (tertiary/aromatic N) is 1. The highest BCUT2D eigenvalue weighted by atomic mass is 15.3. The molecule has 0 aliphatic heterocycles. The summed E-state index contributed by atoms with van der Waals surface area (Å²) in [6.07, 6.45) is 55.7. The maximum atomic E-state index is 2.35. The average Bonchev–Trinajstić information content (AvgIpc) is 3.08. The van der Waals surface area contributed by atoms with Crippen molar-refractivity contribution in [3.05, 3.63) is 0 Å². The minimum Gasteiger partial charge on any atom is -0.324 e. The summed E-state index contributed by atoms with van der Waals surface area (Å²) in [5.41, 5.74) is 0. The van der Waals surface area contributed by atoms with Crippen molar-refractivity contribution in [1.29, 1.82) is 0 Å². The zero-order valence-corrected chi connectivity index (χ0v) is 34.1. The molecule has 47 heavy (non-hydrogen) atoms. The van der Waals surface area contributed by atoms with Crippen LogP contribution in [0.2, 0.25) is 0 Å². The van der Waals surface area contributed by atoms with E-state index < -0.39 is 0 Å². The van der Waals surface area contributed by atoms with Crippen LogP contribution in [0, 0.1) is 0 Å². The molecular weight excluding hydrogens is 567 g/mol. The highest BCUT2D eigenvalue weighted by molar-refractivity contribution is 4.56. The Hall–Kier alpha value is -0.0400. The summed E-state index contributed by atoms with van der Waals surface area (Å²) in [4.78, 5) is 0. The first-order valence-corrected chi connectivity index (χ1v) is 23.1. The molecule has 284 valence electrons. The van der Waals surface area contributed by atoms with E-state index in [4.69, 9.17) is 0 Å². The van der Waals surface area contributed by atoms with Crippen molar-refractivity contribution in [2.75, 3.05) is 26.2 Å². The van der Waals surface area contributed by atoms with Gasteiger partial charge in [0.2, 0.25) is 0 Å². The molecule has 1 nitrogen and oxygen atoms in total. The van der Waals surface area contributed by atoms with Gasteiger partial charge >= 0.3 is 0 Å². The van der Waals surface area contributed by atoms with E-state index in [1.54, 1.807) is 0 Å². The summed E-state index contributed by atoms with van der Waals surface area (Å²) in [5, 5.41) is 0. The van der Waals surface area contributed by atoms with Crippen LogP contribution in [0.5, 0.6) is 0 Å². The van der Waals surface area contributed by atoms with Gasteiger partial charge in [-0.1, -0.05) is 220 Å². The van der Waals surface area contributed by atoms with E-state index in [9.17, 15) is 0 Å². The number of quaternary nitrogens is 1. The number of hydrogen-bond acceptors (Lipinski definition) is 0. The lowest BCUT2D eigenvalue weighted by Crippen LogP contribution is -2.50. The van der Waals surface area contributed by atoms with Crippen molar-refractivity contribution in [3.63, 3.8) is 0 Å². The van der Waals surface area contributed by atoms with Crippen molar-refractivity contribution < 1.29 is 4.48 Å². The van der Waals surface area contributed by atoms with Crippen LogP contribution in [0.1, 0.15) is 272 Å². The van der Waals surface area contributed by atoms with Crippen LogP contribution in [0.25, 0.3) is 0 Å². The van der Waals surface area contributed by atoms with E-state index >= 15 is 0 Å². The highest BCUT2D eigenvalue weighted by Crippen LogP contribution is 2.21. The van der Waals surface area contributed by atoms with Gasteiger partial charge in [0.1, 0.15) is 0 Å². The Balaban J connectivity index is 4.52. The fourth-order valence-electron chi connectivity index (χ4n) is 8.06. The quantitative estimate of drug-likeness (QED) is 0.0451. The predicted molar refractivity (Wildman–Crippen MR) is 218 cm³/mol. The molecular formula is C46H96N+. The Morgan fingerprint density at radius 2 is 0.298 bits per heavy atom. The number of unbranched alkanes of at least 4 members (excludes halogenated alkanes) is 34. The second-order valence-corrected chi connectivity index (χ2v) is 16.3. The molecule has 0 aromatic rings. The molecule has 1 heteroatoms. The Labute approximate surface area is 301 Å². The molecule has 0 N–H and O–H groups in total. The fourth-order valence-corrected chi connectivity index (χ4v) is 8.06. The molecule has 0 aromatic carbocycles. The van der Waals surface area contributed by atoms with Gasteiger partial charge in [0.25, 0.3) is 0 Å². The van der Waals surface area contributed by atoms with E-state index in [0.29, 0.717) is 0 Å². The Bertz CT molecular complexity index is 496.